The number of aromatic nitrogens is 1. The van der Waals surface area contributed by atoms with Crippen LogP contribution in [0.15, 0.2) is 45.9 Å². The first-order valence-electron chi connectivity index (χ1n) is 8.19. The summed E-state index contributed by atoms with van der Waals surface area (Å²) in [4.78, 5) is 6.11. The molecule has 1 fully saturated rings. The molecule has 9 heteroatoms. The maximum absolute atomic E-state index is 13.7. The topological polar surface area (TPSA) is 74.3 Å². The largest absolute Gasteiger partial charge is 0.368 e. The molecule has 0 spiro atoms. The molecule has 1 aromatic heterocycles. The summed E-state index contributed by atoms with van der Waals surface area (Å²) in [6, 6.07) is 7.86. The molecule has 6 nitrogen and oxygen atoms in total. The van der Waals surface area contributed by atoms with Gasteiger partial charge < -0.3 is 10.2 Å². The van der Waals surface area contributed by atoms with Crippen molar-refractivity contribution >= 4 is 37.5 Å². The average molecular weight is 443 g/mol. The summed E-state index contributed by atoms with van der Waals surface area (Å²) in [7, 11) is -3.93. The number of piperazine rings is 1. The molecule has 0 radical (unpaired) electrons. The third-order valence-electron chi connectivity index (χ3n) is 4.11. The van der Waals surface area contributed by atoms with Crippen LogP contribution in [0.3, 0.4) is 0 Å². The van der Waals surface area contributed by atoms with Gasteiger partial charge in [0.05, 0.1) is 9.37 Å². The molecular weight excluding hydrogens is 423 g/mol. The van der Waals surface area contributed by atoms with Gasteiger partial charge in [0.2, 0.25) is 0 Å². The minimum atomic E-state index is -3.93. The number of hydrogen-bond donors (Lipinski definition) is 2. The Morgan fingerprint density at radius 2 is 1.92 bits per heavy atom. The highest BCUT2D eigenvalue weighted by Gasteiger charge is 2.22. The Hall–Kier alpha value is -1.71. The minimum Gasteiger partial charge on any atom is -0.368 e. The summed E-state index contributed by atoms with van der Waals surface area (Å²) >= 11 is 3.01. The lowest BCUT2D eigenvalue weighted by Crippen LogP contribution is -2.54. The standard InChI is InChI=1S/C17H20BrFN4O2S/c1-11-9-23(10-12(2)21-11)13-5-6-20-17(7-13)22-26(24,25)14-3-4-15(18)16(19)8-14/h3-8,11-12,21H,9-10H2,1-2H3,(H,20,22). The van der Waals surface area contributed by atoms with Crippen molar-refractivity contribution in [3.63, 3.8) is 0 Å². The molecule has 26 heavy (non-hydrogen) atoms. The zero-order chi connectivity index (χ0) is 18.9. The number of nitrogens with one attached hydrogen (secondary N) is 2. The second kappa shape index (κ2) is 7.50. The Morgan fingerprint density at radius 1 is 1.23 bits per heavy atom. The summed E-state index contributed by atoms with van der Waals surface area (Å²) in [6.45, 7) is 5.85. The number of hydrogen-bond acceptors (Lipinski definition) is 5. The van der Waals surface area contributed by atoms with Crippen molar-refractivity contribution < 1.29 is 12.8 Å². The van der Waals surface area contributed by atoms with Gasteiger partial charge in [0.15, 0.2) is 0 Å². The van der Waals surface area contributed by atoms with Crippen LogP contribution < -0.4 is 14.9 Å². The Labute approximate surface area is 161 Å². The molecule has 2 atom stereocenters. The fourth-order valence-corrected chi connectivity index (χ4v) is 4.31. The molecule has 1 saturated heterocycles. The molecule has 2 heterocycles. The summed E-state index contributed by atoms with van der Waals surface area (Å²) < 4.78 is 41.3. The van der Waals surface area contributed by atoms with Crippen LogP contribution in [0, 0.1) is 5.82 Å². The van der Waals surface area contributed by atoms with Crippen molar-refractivity contribution in [2.24, 2.45) is 0 Å². The SMILES string of the molecule is CC1CN(c2ccnc(NS(=O)(=O)c3ccc(Br)c(F)c3)c2)CC(C)N1. The van der Waals surface area contributed by atoms with E-state index in [-0.39, 0.29) is 15.2 Å². The number of nitrogens with zero attached hydrogens (tertiary/aromatic N) is 2. The molecule has 0 bridgehead atoms. The predicted octanol–water partition coefficient (Wildman–Crippen LogP) is 2.97. The zero-order valence-corrected chi connectivity index (χ0v) is 16.8. The first-order valence-corrected chi connectivity index (χ1v) is 10.5. The minimum absolute atomic E-state index is 0.158. The van der Waals surface area contributed by atoms with Gasteiger partial charge in [-0.25, -0.2) is 17.8 Å². The van der Waals surface area contributed by atoms with Crippen LogP contribution in [0.25, 0.3) is 0 Å². The fraction of sp³-hybridized carbons (Fsp3) is 0.353. The lowest BCUT2D eigenvalue weighted by Gasteiger charge is -2.37. The van der Waals surface area contributed by atoms with Gasteiger partial charge in [-0.2, -0.15) is 0 Å². The van der Waals surface area contributed by atoms with Gasteiger partial charge in [0, 0.05) is 43.1 Å². The van der Waals surface area contributed by atoms with Crippen LogP contribution in [0.2, 0.25) is 0 Å². The monoisotopic (exact) mass is 442 g/mol. The highest BCUT2D eigenvalue weighted by atomic mass is 79.9. The number of anilines is 2. The second-order valence-electron chi connectivity index (χ2n) is 6.45. The summed E-state index contributed by atoms with van der Waals surface area (Å²) in [5.41, 5.74) is 0.889. The van der Waals surface area contributed by atoms with E-state index in [1.165, 1.54) is 12.1 Å². The second-order valence-corrected chi connectivity index (χ2v) is 8.99. The number of pyridine rings is 1. The summed E-state index contributed by atoms with van der Waals surface area (Å²) in [6.07, 6.45) is 1.56. The van der Waals surface area contributed by atoms with Crippen molar-refractivity contribution in [1.82, 2.24) is 10.3 Å². The number of halogens is 2. The summed E-state index contributed by atoms with van der Waals surface area (Å²) in [5.74, 6) is -0.442. The zero-order valence-electron chi connectivity index (χ0n) is 14.4. The maximum Gasteiger partial charge on any atom is 0.263 e. The molecule has 1 aliphatic rings. The highest BCUT2D eigenvalue weighted by molar-refractivity contribution is 9.10. The first-order chi connectivity index (χ1) is 12.2. The molecular formula is C17H20BrFN4O2S. The third-order valence-corrected chi connectivity index (χ3v) is 6.10. The van der Waals surface area contributed by atoms with E-state index < -0.39 is 15.8 Å². The van der Waals surface area contributed by atoms with Crippen molar-refractivity contribution in [3.8, 4) is 0 Å². The van der Waals surface area contributed by atoms with Gasteiger partial charge in [-0.15, -0.1) is 0 Å². The lowest BCUT2D eigenvalue weighted by molar-refractivity contribution is 0.407. The van der Waals surface area contributed by atoms with E-state index in [9.17, 15) is 12.8 Å². The molecule has 1 aliphatic heterocycles. The van der Waals surface area contributed by atoms with Crippen LogP contribution in [-0.4, -0.2) is 38.6 Å². The van der Waals surface area contributed by atoms with Crippen LogP contribution >= 0.6 is 15.9 Å². The van der Waals surface area contributed by atoms with Crippen molar-refractivity contribution in [1.29, 1.82) is 0 Å². The van der Waals surface area contributed by atoms with Gasteiger partial charge in [-0.1, -0.05) is 0 Å². The number of sulfonamides is 1. The van der Waals surface area contributed by atoms with E-state index in [0.717, 1.165) is 24.8 Å². The van der Waals surface area contributed by atoms with E-state index in [0.29, 0.717) is 12.1 Å². The van der Waals surface area contributed by atoms with Crippen LogP contribution in [0.4, 0.5) is 15.9 Å². The molecule has 0 aliphatic carbocycles. The van der Waals surface area contributed by atoms with Gasteiger partial charge in [-0.3, -0.25) is 4.72 Å². The number of rotatable bonds is 4. The Kier molecular flexibility index (Phi) is 5.50. The van der Waals surface area contributed by atoms with Crippen LogP contribution in [0.1, 0.15) is 13.8 Å². The van der Waals surface area contributed by atoms with Crippen LogP contribution in [0.5, 0.6) is 0 Å². The molecule has 1 aromatic carbocycles. The van der Waals surface area contributed by atoms with E-state index in [2.05, 4.69) is 49.7 Å². The first kappa shape index (κ1) is 19.1. The predicted molar refractivity (Wildman–Crippen MR) is 103 cm³/mol. The van der Waals surface area contributed by atoms with Crippen molar-refractivity contribution in [2.45, 2.75) is 30.8 Å². The Morgan fingerprint density at radius 3 is 2.58 bits per heavy atom. The highest BCUT2D eigenvalue weighted by Crippen LogP contribution is 2.24. The molecule has 0 saturated carbocycles. The van der Waals surface area contributed by atoms with E-state index in [4.69, 9.17) is 0 Å². The van der Waals surface area contributed by atoms with Gasteiger partial charge in [0.25, 0.3) is 10.0 Å². The van der Waals surface area contributed by atoms with Crippen molar-refractivity contribution in [3.05, 3.63) is 46.8 Å². The molecule has 2 N–H and O–H groups in total. The molecule has 3 rings (SSSR count). The fourth-order valence-electron chi connectivity index (χ4n) is 3.05. The van der Waals surface area contributed by atoms with E-state index in [1.54, 1.807) is 12.3 Å². The van der Waals surface area contributed by atoms with E-state index >= 15 is 0 Å². The van der Waals surface area contributed by atoms with E-state index in [1.807, 2.05) is 6.07 Å². The Balaban J connectivity index is 1.83. The number of benzene rings is 1. The molecule has 140 valence electrons. The smallest absolute Gasteiger partial charge is 0.263 e. The van der Waals surface area contributed by atoms with Crippen LogP contribution in [-0.2, 0) is 10.0 Å². The quantitative estimate of drug-likeness (QED) is 0.760. The van der Waals surface area contributed by atoms with Gasteiger partial charge in [0.1, 0.15) is 11.6 Å². The molecule has 2 aromatic rings. The molecule has 0 amide bonds. The average Bonchev–Trinajstić information content (AvgIpc) is 2.56. The normalized spacial score (nSPS) is 20.8. The Bertz CT molecular complexity index is 899. The summed E-state index contributed by atoms with van der Waals surface area (Å²) in [5, 5.41) is 3.45. The maximum atomic E-state index is 13.7. The van der Waals surface area contributed by atoms with Gasteiger partial charge in [-0.05, 0) is 54.0 Å². The van der Waals surface area contributed by atoms with Gasteiger partial charge >= 0.3 is 0 Å². The van der Waals surface area contributed by atoms with Crippen molar-refractivity contribution in [2.75, 3.05) is 22.7 Å². The third kappa shape index (κ3) is 4.33. The lowest BCUT2D eigenvalue weighted by atomic mass is 10.1. The molecule has 2 unspecified atom stereocenters.